The number of aliphatic hydroxyl groups is 2. The number of fused-ring (bicyclic) bond motifs is 4. The number of carbonyl (C=O) groups is 2. The van der Waals surface area contributed by atoms with Gasteiger partial charge in [0.2, 0.25) is 0 Å². The van der Waals surface area contributed by atoms with Crippen molar-refractivity contribution in [2.75, 3.05) is 6.61 Å². The van der Waals surface area contributed by atoms with Crippen molar-refractivity contribution in [2.45, 2.75) is 90.1 Å². The van der Waals surface area contributed by atoms with Gasteiger partial charge in [-0.3, -0.25) is 4.79 Å². The topological polar surface area (TPSA) is 96.4 Å². The SMILES string of the molecule is CC1=C(CC(O)C(C)C2CCC3C4CC5OC56C(O)C=CC(=O)C6(C)C4CCC23C)COC1=O. The van der Waals surface area contributed by atoms with Gasteiger partial charge in [-0.15, -0.1) is 0 Å². The fraction of sp³-hybridized carbons (Fsp3) is 0.786. The lowest BCUT2D eigenvalue weighted by atomic mass is 9.44. The van der Waals surface area contributed by atoms with E-state index in [0.29, 0.717) is 36.4 Å². The summed E-state index contributed by atoms with van der Waals surface area (Å²) in [5.74, 6) is 1.52. The lowest BCUT2D eigenvalue weighted by Gasteiger charge is -2.58. The smallest absolute Gasteiger partial charge is 0.334 e. The average Bonchev–Trinajstić information content (AvgIpc) is 3.33. The number of esters is 1. The van der Waals surface area contributed by atoms with Crippen LogP contribution in [-0.2, 0) is 19.1 Å². The van der Waals surface area contributed by atoms with Crippen LogP contribution in [0.15, 0.2) is 23.3 Å². The lowest BCUT2D eigenvalue weighted by molar-refractivity contribution is -0.151. The van der Waals surface area contributed by atoms with E-state index in [-0.39, 0.29) is 35.1 Å². The minimum atomic E-state index is -0.721. The minimum absolute atomic E-state index is 0.0399. The molecule has 6 nitrogen and oxygen atoms in total. The van der Waals surface area contributed by atoms with Gasteiger partial charge in [0.25, 0.3) is 0 Å². The molecule has 2 aliphatic heterocycles. The number of carbonyl (C=O) groups excluding carboxylic acids is 2. The number of epoxide rings is 1. The molecule has 0 radical (unpaired) electrons. The number of hydrogen-bond acceptors (Lipinski definition) is 6. The van der Waals surface area contributed by atoms with E-state index in [1.165, 1.54) is 0 Å². The number of ketones is 1. The maximum absolute atomic E-state index is 13.3. The van der Waals surface area contributed by atoms with Gasteiger partial charge in [-0.2, -0.15) is 0 Å². The van der Waals surface area contributed by atoms with Crippen molar-refractivity contribution in [3.05, 3.63) is 23.3 Å². The van der Waals surface area contributed by atoms with E-state index in [1.54, 1.807) is 19.1 Å². The zero-order chi connectivity index (χ0) is 24.2. The quantitative estimate of drug-likeness (QED) is 0.483. The van der Waals surface area contributed by atoms with Gasteiger partial charge in [-0.25, -0.2) is 4.79 Å². The Morgan fingerprint density at radius 2 is 1.94 bits per heavy atom. The average molecular weight is 471 g/mol. The van der Waals surface area contributed by atoms with E-state index < -0.39 is 23.2 Å². The maximum atomic E-state index is 13.3. The molecule has 6 rings (SSSR count). The van der Waals surface area contributed by atoms with Crippen molar-refractivity contribution in [3.63, 3.8) is 0 Å². The molecule has 1 saturated heterocycles. The highest BCUT2D eigenvalue weighted by molar-refractivity contribution is 5.98. The molecule has 0 amide bonds. The number of aliphatic hydroxyl groups excluding tert-OH is 2. The van der Waals surface area contributed by atoms with Crippen LogP contribution in [0, 0.1) is 40.4 Å². The normalized spacial score (nSPS) is 50.8. The van der Waals surface area contributed by atoms with Crippen LogP contribution in [0.5, 0.6) is 0 Å². The number of cyclic esters (lactones) is 1. The van der Waals surface area contributed by atoms with Crippen molar-refractivity contribution in [1.29, 1.82) is 0 Å². The van der Waals surface area contributed by atoms with Crippen molar-refractivity contribution in [2.24, 2.45) is 40.4 Å². The summed E-state index contributed by atoms with van der Waals surface area (Å²) in [6, 6.07) is 0. The van der Waals surface area contributed by atoms with E-state index in [0.717, 1.165) is 37.7 Å². The van der Waals surface area contributed by atoms with E-state index in [2.05, 4.69) is 20.8 Å². The third kappa shape index (κ3) is 2.68. The van der Waals surface area contributed by atoms with Gasteiger partial charge in [0.15, 0.2) is 5.78 Å². The summed E-state index contributed by atoms with van der Waals surface area (Å²) in [5.41, 5.74) is 0.321. The number of hydrogen-bond donors (Lipinski definition) is 2. The third-order valence-corrected chi connectivity index (χ3v) is 11.6. The van der Waals surface area contributed by atoms with Gasteiger partial charge in [-0.05, 0) is 105 Å². The predicted molar refractivity (Wildman–Crippen MR) is 124 cm³/mol. The monoisotopic (exact) mass is 470 g/mol. The number of allylic oxidation sites excluding steroid dienone is 1. The molecule has 4 aliphatic carbocycles. The zero-order valence-corrected chi connectivity index (χ0v) is 20.8. The molecule has 0 aromatic heterocycles. The van der Waals surface area contributed by atoms with Gasteiger partial charge in [0.1, 0.15) is 18.3 Å². The van der Waals surface area contributed by atoms with Crippen LogP contribution in [0.25, 0.3) is 0 Å². The molecular formula is C28H38O6. The van der Waals surface area contributed by atoms with E-state index in [4.69, 9.17) is 9.47 Å². The summed E-state index contributed by atoms with van der Waals surface area (Å²) in [6.07, 6.45) is 7.60. The third-order valence-electron chi connectivity index (χ3n) is 11.6. The predicted octanol–water partition coefficient (Wildman–Crippen LogP) is 3.35. The van der Waals surface area contributed by atoms with Crippen LogP contribution in [0.4, 0.5) is 0 Å². The first-order valence-corrected chi connectivity index (χ1v) is 13.2. The Bertz CT molecular complexity index is 999. The molecule has 3 saturated carbocycles. The van der Waals surface area contributed by atoms with E-state index in [9.17, 15) is 19.8 Å². The molecule has 1 spiro atoms. The highest BCUT2D eigenvalue weighted by atomic mass is 16.6. The Morgan fingerprint density at radius 3 is 2.65 bits per heavy atom. The molecule has 0 bridgehead atoms. The van der Waals surface area contributed by atoms with Crippen molar-refractivity contribution in [3.8, 4) is 0 Å². The molecule has 4 fully saturated rings. The second kappa shape index (κ2) is 7.27. The van der Waals surface area contributed by atoms with Crippen LogP contribution >= 0.6 is 0 Å². The van der Waals surface area contributed by atoms with Gasteiger partial charge in [0.05, 0.1) is 17.6 Å². The molecule has 6 aliphatic rings. The summed E-state index contributed by atoms with van der Waals surface area (Å²) in [5, 5.41) is 22.0. The van der Waals surface area contributed by atoms with E-state index in [1.807, 2.05) is 0 Å². The number of rotatable bonds is 4. The highest BCUT2D eigenvalue weighted by Crippen LogP contribution is 2.73. The molecular weight excluding hydrogens is 432 g/mol. The van der Waals surface area contributed by atoms with Crippen molar-refractivity contribution in [1.82, 2.24) is 0 Å². The van der Waals surface area contributed by atoms with Gasteiger partial charge in [-0.1, -0.05) is 13.8 Å². The summed E-state index contributed by atoms with van der Waals surface area (Å²) < 4.78 is 11.4. The zero-order valence-electron chi connectivity index (χ0n) is 20.8. The number of ether oxygens (including phenoxy) is 2. The molecule has 0 aromatic rings. The fourth-order valence-electron chi connectivity index (χ4n) is 9.52. The second-order valence-corrected chi connectivity index (χ2v) is 12.5. The van der Waals surface area contributed by atoms with Gasteiger partial charge in [0, 0.05) is 5.57 Å². The Hall–Kier alpha value is -1.50. The first-order chi connectivity index (χ1) is 16.1. The van der Waals surface area contributed by atoms with Crippen LogP contribution in [0.2, 0.25) is 0 Å². The summed E-state index contributed by atoms with van der Waals surface area (Å²) in [6.45, 7) is 8.74. The molecule has 11 atom stereocenters. The Kier molecular flexibility index (Phi) is 4.90. The molecule has 0 aromatic carbocycles. The van der Waals surface area contributed by atoms with Crippen molar-refractivity contribution < 1.29 is 29.3 Å². The minimum Gasteiger partial charge on any atom is -0.458 e. The molecule has 6 heteroatoms. The standard InChI is InChI=1S/C28H38O6/c1-14-16(13-33-25(14)32)11-21(29)15(2)18-5-6-19-17-12-24-28(34-24)23(31)8-7-22(30)27(28,4)20(17)9-10-26(18,19)3/h7-8,15,17-21,23-24,29,31H,5-6,9-13H2,1-4H3. The Labute approximate surface area is 201 Å². The van der Waals surface area contributed by atoms with Crippen LogP contribution in [0.3, 0.4) is 0 Å². The summed E-state index contributed by atoms with van der Waals surface area (Å²) in [7, 11) is 0. The summed E-state index contributed by atoms with van der Waals surface area (Å²) in [4.78, 5) is 25.0. The molecule has 34 heavy (non-hydrogen) atoms. The first kappa shape index (κ1) is 22.9. The fourth-order valence-corrected chi connectivity index (χ4v) is 9.52. The maximum Gasteiger partial charge on any atom is 0.334 e. The first-order valence-electron chi connectivity index (χ1n) is 13.2. The van der Waals surface area contributed by atoms with Crippen LogP contribution < -0.4 is 0 Å². The van der Waals surface area contributed by atoms with Crippen molar-refractivity contribution >= 4 is 11.8 Å². The molecule has 2 heterocycles. The molecule has 186 valence electrons. The van der Waals surface area contributed by atoms with Gasteiger partial charge >= 0.3 is 5.97 Å². The summed E-state index contributed by atoms with van der Waals surface area (Å²) >= 11 is 0. The van der Waals surface area contributed by atoms with Gasteiger partial charge < -0.3 is 19.7 Å². The molecule has 2 N–H and O–H groups in total. The Morgan fingerprint density at radius 1 is 1.18 bits per heavy atom. The lowest BCUT2D eigenvalue weighted by Crippen LogP contribution is -2.63. The largest absolute Gasteiger partial charge is 0.458 e. The molecule has 11 unspecified atom stereocenters. The van der Waals surface area contributed by atoms with Crippen LogP contribution in [-0.4, -0.2) is 52.5 Å². The second-order valence-electron chi connectivity index (χ2n) is 12.5. The van der Waals surface area contributed by atoms with Crippen LogP contribution in [0.1, 0.15) is 66.2 Å². The Balaban J connectivity index is 1.24. The highest BCUT2D eigenvalue weighted by Gasteiger charge is 2.80. The van der Waals surface area contributed by atoms with E-state index >= 15 is 0 Å².